The maximum absolute atomic E-state index is 11.5. The Balaban J connectivity index is 2.12. The first kappa shape index (κ1) is 12.9. The number of nitrogens with zero attached hydrogens (tertiary/aromatic N) is 1. The van der Waals surface area contributed by atoms with Gasteiger partial charge in [-0.05, 0) is 24.3 Å². The molecule has 0 unspecified atom stereocenters. The summed E-state index contributed by atoms with van der Waals surface area (Å²) in [6.45, 7) is 0. The summed E-state index contributed by atoms with van der Waals surface area (Å²) in [5.41, 5.74) is 3.09. The van der Waals surface area contributed by atoms with Crippen molar-refractivity contribution in [2.75, 3.05) is 7.11 Å². The van der Waals surface area contributed by atoms with E-state index in [4.69, 9.17) is 4.74 Å². The van der Waals surface area contributed by atoms with Gasteiger partial charge in [0.1, 0.15) is 5.82 Å². The van der Waals surface area contributed by atoms with Crippen LogP contribution in [0.2, 0.25) is 0 Å². The summed E-state index contributed by atoms with van der Waals surface area (Å²) in [6, 6.07) is 13.1. The van der Waals surface area contributed by atoms with Gasteiger partial charge in [-0.15, -0.1) is 0 Å². The van der Waals surface area contributed by atoms with E-state index in [1.165, 1.54) is 7.11 Å². The highest BCUT2D eigenvalue weighted by molar-refractivity contribution is 9.10. The molecule has 1 N–H and O–H groups in total. The summed E-state index contributed by atoms with van der Waals surface area (Å²) in [7, 11) is 1.37. The molecule has 100 valence electrons. The fourth-order valence-electron chi connectivity index (χ4n) is 2.04. The molecule has 1 aromatic heterocycles. The molecule has 0 aliphatic carbocycles. The number of carbonyl (C=O) groups excluding carboxylic acids is 1. The average Bonchev–Trinajstić information content (AvgIpc) is 2.89. The van der Waals surface area contributed by atoms with Crippen LogP contribution in [-0.2, 0) is 4.74 Å². The SMILES string of the molecule is COC(=O)c1ccc2nc(-c3ccccc3Br)[nH]c2c1. The lowest BCUT2D eigenvalue weighted by Crippen LogP contribution is -2.00. The van der Waals surface area contributed by atoms with Gasteiger partial charge in [0, 0.05) is 10.0 Å². The second kappa shape index (κ2) is 5.09. The Bertz CT molecular complexity index is 795. The maximum Gasteiger partial charge on any atom is 0.337 e. The maximum atomic E-state index is 11.5. The van der Waals surface area contributed by atoms with Gasteiger partial charge in [0.05, 0.1) is 23.7 Å². The van der Waals surface area contributed by atoms with Gasteiger partial charge < -0.3 is 9.72 Å². The standard InChI is InChI=1S/C15H11BrN2O2/c1-20-15(19)9-6-7-12-13(8-9)18-14(17-12)10-4-2-3-5-11(10)16/h2-8H,1H3,(H,17,18). The van der Waals surface area contributed by atoms with Crippen molar-refractivity contribution in [1.82, 2.24) is 9.97 Å². The summed E-state index contributed by atoms with van der Waals surface area (Å²) < 4.78 is 5.68. The van der Waals surface area contributed by atoms with Gasteiger partial charge in [0.15, 0.2) is 0 Å². The van der Waals surface area contributed by atoms with Gasteiger partial charge in [-0.25, -0.2) is 9.78 Å². The summed E-state index contributed by atoms with van der Waals surface area (Å²) in [6.07, 6.45) is 0. The number of aromatic amines is 1. The summed E-state index contributed by atoms with van der Waals surface area (Å²) in [4.78, 5) is 19.3. The molecule has 0 saturated heterocycles. The first-order valence-corrected chi connectivity index (χ1v) is 6.81. The van der Waals surface area contributed by atoms with Crippen LogP contribution in [0.25, 0.3) is 22.4 Å². The number of ether oxygens (including phenoxy) is 1. The van der Waals surface area contributed by atoms with Crippen LogP contribution in [0.4, 0.5) is 0 Å². The first-order valence-electron chi connectivity index (χ1n) is 6.02. The van der Waals surface area contributed by atoms with Crippen molar-refractivity contribution in [1.29, 1.82) is 0 Å². The number of methoxy groups -OCH3 is 1. The van der Waals surface area contributed by atoms with E-state index in [-0.39, 0.29) is 5.97 Å². The smallest absolute Gasteiger partial charge is 0.337 e. The molecular formula is C15H11BrN2O2. The molecule has 3 rings (SSSR count). The van der Waals surface area contributed by atoms with E-state index in [1.54, 1.807) is 18.2 Å². The Kier molecular flexibility index (Phi) is 3.28. The third kappa shape index (κ3) is 2.20. The van der Waals surface area contributed by atoms with Crippen LogP contribution in [0.1, 0.15) is 10.4 Å². The predicted octanol–water partition coefficient (Wildman–Crippen LogP) is 3.78. The van der Waals surface area contributed by atoms with Crippen molar-refractivity contribution >= 4 is 32.9 Å². The van der Waals surface area contributed by atoms with E-state index in [1.807, 2.05) is 24.3 Å². The number of hydrogen-bond donors (Lipinski definition) is 1. The van der Waals surface area contributed by atoms with Crippen LogP contribution in [0, 0.1) is 0 Å². The molecule has 0 aliphatic rings. The number of esters is 1. The second-order valence-electron chi connectivity index (χ2n) is 4.29. The van der Waals surface area contributed by atoms with Gasteiger partial charge in [-0.1, -0.05) is 34.1 Å². The molecule has 0 amide bonds. The Morgan fingerprint density at radius 2 is 2.05 bits per heavy atom. The highest BCUT2D eigenvalue weighted by Gasteiger charge is 2.11. The third-order valence-electron chi connectivity index (χ3n) is 3.03. The van der Waals surface area contributed by atoms with Crippen molar-refractivity contribution in [3.63, 3.8) is 0 Å². The number of nitrogens with one attached hydrogen (secondary N) is 1. The Morgan fingerprint density at radius 1 is 1.25 bits per heavy atom. The molecule has 20 heavy (non-hydrogen) atoms. The van der Waals surface area contributed by atoms with E-state index in [0.29, 0.717) is 5.56 Å². The zero-order chi connectivity index (χ0) is 14.1. The molecule has 5 heteroatoms. The molecule has 1 heterocycles. The number of carbonyl (C=O) groups is 1. The Labute approximate surface area is 123 Å². The quantitative estimate of drug-likeness (QED) is 0.727. The Morgan fingerprint density at radius 3 is 2.80 bits per heavy atom. The second-order valence-corrected chi connectivity index (χ2v) is 5.14. The normalized spacial score (nSPS) is 10.7. The fraction of sp³-hybridized carbons (Fsp3) is 0.0667. The molecular weight excluding hydrogens is 320 g/mol. The van der Waals surface area contributed by atoms with Gasteiger partial charge >= 0.3 is 5.97 Å². The lowest BCUT2D eigenvalue weighted by molar-refractivity contribution is 0.0601. The molecule has 2 aromatic carbocycles. The monoisotopic (exact) mass is 330 g/mol. The summed E-state index contributed by atoms with van der Waals surface area (Å²) in [5.74, 6) is 0.401. The average molecular weight is 331 g/mol. The lowest BCUT2D eigenvalue weighted by Gasteiger charge is -1.98. The Hall–Kier alpha value is -2.14. The predicted molar refractivity (Wildman–Crippen MR) is 80.6 cm³/mol. The fourth-order valence-corrected chi connectivity index (χ4v) is 2.51. The van der Waals surface area contributed by atoms with Crippen molar-refractivity contribution in [2.24, 2.45) is 0 Å². The van der Waals surface area contributed by atoms with Crippen LogP contribution >= 0.6 is 15.9 Å². The van der Waals surface area contributed by atoms with Crippen molar-refractivity contribution in [3.05, 3.63) is 52.5 Å². The van der Waals surface area contributed by atoms with E-state index in [9.17, 15) is 4.79 Å². The highest BCUT2D eigenvalue weighted by atomic mass is 79.9. The first-order chi connectivity index (χ1) is 9.69. The molecule has 0 aliphatic heterocycles. The largest absolute Gasteiger partial charge is 0.465 e. The van der Waals surface area contributed by atoms with Crippen molar-refractivity contribution in [2.45, 2.75) is 0 Å². The minimum atomic E-state index is -0.357. The molecule has 0 fully saturated rings. The number of halogens is 1. The lowest BCUT2D eigenvalue weighted by atomic mass is 10.2. The van der Waals surface area contributed by atoms with Gasteiger partial charge in [-0.3, -0.25) is 0 Å². The van der Waals surface area contributed by atoms with Crippen LogP contribution < -0.4 is 0 Å². The zero-order valence-corrected chi connectivity index (χ0v) is 12.3. The van der Waals surface area contributed by atoms with Crippen LogP contribution in [0.3, 0.4) is 0 Å². The van der Waals surface area contributed by atoms with E-state index >= 15 is 0 Å². The molecule has 0 spiro atoms. The van der Waals surface area contributed by atoms with Crippen LogP contribution in [0.15, 0.2) is 46.9 Å². The van der Waals surface area contributed by atoms with Gasteiger partial charge in [-0.2, -0.15) is 0 Å². The number of benzene rings is 2. The molecule has 3 aromatic rings. The third-order valence-corrected chi connectivity index (χ3v) is 3.72. The van der Waals surface area contributed by atoms with Crippen molar-refractivity contribution < 1.29 is 9.53 Å². The molecule has 0 bridgehead atoms. The van der Waals surface area contributed by atoms with E-state index in [0.717, 1.165) is 26.9 Å². The summed E-state index contributed by atoms with van der Waals surface area (Å²) in [5, 5.41) is 0. The van der Waals surface area contributed by atoms with Crippen molar-refractivity contribution in [3.8, 4) is 11.4 Å². The molecule has 0 radical (unpaired) electrons. The zero-order valence-electron chi connectivity index (χ0n) is 10.7. The van der Waals surface area contributed by atoms with Gasteiger partial charge in [0.2, 0.25) is 0 Å². The number of hydrogen-bond acceptors (Lipinski definition) is 3. The molecule has 0 atom stereocenters. The highest BCUT2D eigenvalue weighted by Crippen LogP contribution is 2.27. The van der Waals surface area contributed by atoms with Crippen LogP contribution in [0.5, 0.6) is 0 Å². The number of rotatable bonds is 2. The van der Waals surface area contributed by atoms with E-state index < -0.39 is 0 Å². The number of fused-ring (bicyclic) bond motifs is 1. The number of imidazole rings is 1. The minimum absolute atomic E-state index is 0.357. The van der Waals surface area contributed by atoms with Crippen LogP contribution in [-0.4, -0.2) is 23.0 Å². The minimum Gasteiger partial charge on any atom is -0.465 e. The molecule has 0 saturated carbocycles. The topological polar surface area (TPSA) is 55.0 Å². The number of H-pyrrole nitrogens is 1. The number of aromatic nitrogens is 2. The molecule has 4 nitrogen and oxygen atoms in total. The van der Waals surface area contributed by atoms with Gasteiger partial charge in [0.25, 0.3) is 0 Å². The van der Waals surface area contributed by atoms with E-state index in [2.05, 4.69) is 25.9 Å². The summed E-state index contributed by atoms with van der Waals surface area (Å²) >= 11 is 3.51.